The Bertz CT molecular complexity index is 461. The van der Waals surface area contributed by atoms with Gasteiger partial charge in [-0.1, -0.05) is 12.1 Å². The van der Waals surface area contributed by atoms with Crippen LogP contribution in [0.4, 0.5) is 5.69 Å². The largest absolute Gasteiger partial charge is 0.390 e. The van der Waals surface area contributed by atoms with E-state index in [1.807, 2.05) is 0 Å². The number of rotatable bonds is 7. The Morgan fingerprint density at radius 1 is 1.25 bits per heavy atom. The summed E-state index contributed by atoms with van der Waals surface area (Å²) in [5.41, 5.74) is 1.10. The minimum absolute atomic E-state index is 0.162. The molecule has 1 rings (SSSR count). The van der Waals surface area contributed by atoms with Crippen molar-refractivity contribution in [1.29, 1.82) is 0 Å². The van der Waals surface area contributed by atoms with Crippen LogP contribution in [-0.2, 0) is 9.59 Å². The first kappa shape index (κ1) is 16.7. The molecule has 1 aromatic carbocycles. The number of thiol groups is 1. The third-order valence-corrected chi connectivity index (χ3v) is 2.99. The van der Waals surface area contributed by atoms with Crippen LogP contribution in [-0.4, -0.2) is 33.8 Å². The lowest BCUT2D eigenvalue weighted by molar-refractivity contribution is -0.124. The fourth-order valence-electron chi connectivity index (χ4n) is 1.71. The zero-order valence-electron chi connectivity index (χ0n) is 11.2. The zero-order chi connectivity index (χ0) is 15.1. The number of nitrogens with one attached hydrogen (secondary N) is 1. The number of carbonyl (C=O) groups is 2. The summed E-state index contributed by atoms with van der Waals surface area (Å²) in [5, 5.41) is 22.2. The molecule has 0 aromatic heterocycles. The molecular weight excluding hydrogens is 278 g/mol. The van der Waals surface area contributed by atoms with E-state index in [-0.39, 0.29) is 18.1 Å². The number of benzene rings is 1. The molecule has 0 radical (unpaired) electrons. The predicted octanol–water partition coefficient (Wildman–Crippen LogP) is 1.32. The van der Waals surface area contributed by atoms with Crippen LogP contribution in [0, 0.1) is 0 Å². The number of hydrogen-bond acceptors (Lipinski definition) is 5. The summed E-state index contributed by atoms with van der Waals surface area (Å²) in [6, 6.07) is 6.47. The summed E-state index contributed by atoms with van der Waals surface area (Å²) >= 11 is 4.00. The molecule has 2 atom stereocenters. The van der Waals surface area contributed by atoms with Gasteiger partial charge in [0.25, 0.3) is 0 Å². The molecule has 1 aromatic rings. The minimum Gasteiger partial charge on any atom is -0.390 e. The van der Waals surface area contributed by atoms with Crippen molar-refractivity contribution in [3.63, 3.8) is 0 Å². The van der Waals surface area contributed by atoms with Crippen LogP contribution >= 0.6 is 12.6 Å². The topological polar surface area (TPSA) is 86.6 Å². The Balaban J connectivity index is 2.64. The molecule has 0 heterocycles. The van der Waals surface area contributed by atoms with Crippen molar-refractivity contribution in [2.75, 3.05) is 11.1 Å². The number of carbonyl (C=O) groups excluding carboxylic acids is 2. The van der Waals surface area contributed by atoms with E-state index in [9.17, 15) is 19.8 Å². The van der Waals surface area contributed by atoms with E-state index >= 15 is 0 Å². The maximum Gasteiger partial charge on any atom is 0.231 e. The molecule has 0 spiro atoms. The quantitative estimate of drug-likeness (QED) is 0.451. The van der Waals surface area contributed by atoms with Crippen LogP contribution in [0.1, 0.15) is 31.4 Å². The smallest absolute Gasteiger partial charge is 0.231 e. The van der Waals surface area contributed by atoms with E-state index < -0.39 is 12.2 Å². The van der Waals surface area contributed by atoms with Crippen LogP contribution in [0.25, 0.3) is 0 Å². The summed E-state index contributed by atoms with van der Waals surface area (Å²) in [7, 11) is 0. The lowest BCUT2D eigenvalue weighted by Gasteiger charge is -2.17. The maximum absolute atomic E-state index is 11.4. The Labute approximate surface area is 123 Å². The first-order chi connectivity index (χ1) is 9.43. The Morgan fingerprint density at radius 2 is 1.85 bits per heavy atom. The highest BCUT2D eigenvalue weighted by molar-refractivity contribution is 7.80. The highest BCUT2D eigenvalue weighted by Crippen LogP contribution is 2.21. The van der Waals surface area contributed by atoms with Crippen LogP contribution in [0.2, 0.25) is 0 Å². The fourth-order valence-corrected chi connectivity index (χ4v) is 1.97. The van der Waals surface area contributed by atoms with Crippen LogP contribution in [0.3, 0.4) is 0 Å². The van der Waals surface area contributed by atoms with E-state index in [2.05, 4.69) is 17.9 Å². The number of Topliss-reactive ketones (excluding diaryl/α,β-unsaturated/α-hetero) is 1. The molecule has 0 aliphatic carbocycles. The average Bonchev–Trinajstić information content (AvgIpc) is 2.38. The summed E-state index contributed by atoms with van der Waals surface area (Å²) in [5.74, 6) is -0.0949. The lowest BCUT2D eigenvalue weighted by atomic mass is 10.0. The van der Waals surface area contributed by atoms with Gasteiger partial charge in [-0.05, 0) is 36.8 Å². The molecule has 20 heavy (non-hydrogen) atoms. The molecule has 2 unspecified atom stereocenters. The predicted molar refractivity (Wildman–Crippen MR) is 79.8 cm³/mol. The van der Waals surface area contributed by atoms with Gasteiger partial charge in [-0.15, -0.1) is 0 Å². The first-order valence-electron chi connectivity index (χ1n) is 6.30. The molecule has 0 aliphatic heterocycles. The number of amides is 1. The molecule has 3 N–H and O–H groups in total. The van der Waals surface area contributed by atoms with Gasteiger partial charge in [0.2, 0.25) is 5.91 Å². The van der Waals surface area contributed by atoms with Crippen LogP contribution in [0.5, 0.6) is 0 Å². The third kappa shape index (κ3) is 5.32. The van der Waals surface area contributed by atoms with Crippen molar-refractivity contribution in [2.24, 2.45) is 0 Å². The SMILES string of the molecule is CC(=O)CC(=O)Nc1ccc(C(O)C(O)CCS)cc1. The van der Waals surface area contributed by atoms with E-state index in [0.717, 1.165) is 0 Å². The van der Waals surface area contributed by atoms with Crippen molar-refractivity contribution in [3.8, 4) is 0 Å². The zero-order valence-corrected chi connectivity index (χ0v) is 12.1. The summed E-state index contributed by atoms with van der Waals surface area (Å²) in [6.07, 6.45) is -1.62. The van der Waals surface area contributed by atoms with E-state index in [1.54, 1.807) is 24.3 Å². The summed E-state index contributed by atoms with van der Waals surface area (Å²) in [6.45, 7) is 1.35. The molecule has 0 saturated heterocycles. The molecule has 1 amide bonds. The molecule has 5 nitrogen and oxygen atoms in total. The molecular formula is C14H19NO4S. The Morgan fingerprint density at radius 3 is 2.35 bits per heavy atom. The Hall–Kier alpha value is -1.37. The van der Waals surface area contributed by atoms with E-state index in [4.69, 9.17) is 0 Å². The molecule has 6 heteroatoms. The molecule has 0 fully saturated rings. The van der Waals surface area contributed by atoms with Gasteiger partial charge in [-0.3, -0.25) is 9.59 Å². The van der Waals surface area contributed by atoms with Gasteiger partial charge < -0.3 is 15.5 Å². The summed E-state index contributed by atoms with van der Waals surface area (Å²) in [4.78, 5) is 22.2. The maximum atomic E-state index is 11.4. The van der Waals surface area contributed by atoms with Crippen molar-refractivity contribution in [3.05, 3.63) is 29.8 Å². The molecule has 0 saturated carbocycles. The number of aliphatic hydroxyl groups excluding tert-OH is 2. The second kappa shape index (κ2) is 8.04. The van der Waals surface area contributed by atoms with E-state index in [1.165, 1.54) is 6.92 Å². The van der Waals surface area contributed by atoms with Gasteiger partial charge in [0.05, 0.1) is 12.5 Å². The summed E-state index contributed by atoms with van der Waals surface area (Å²) < 4.78 is 0. The third-order valence-electron chi connectivity index (χ3n) is 2.73. The average molecular weight is 297 g/mol. The number of ketones is 1. The van der Waals surface area contributed by atoms with Crippen molar-refractivity contribution in [1.82, 2.24) is 0 Å². The normalized spacial score (nSPS) is 13.6. The van der Waals surface area contributed by atoms with Crippen LogP contribution in [0.15, 0.2) is 24.3 Å². The van der Waals surface area contributed by atoms with Gasteiger partial charge in [0.15, 0.2) is 0 Å². The van der Waals surface area contributed by atoms with Crippen molar-refractivity contribution in [2.45, 2.75) is 32.0 Å². The number of hydrogen-bond donors (Lipinski definition) is 4. The van der Waals surface area contributed by atoms with Gasteiger partial charge in [0, 0.05) is 5.69 Å². The number of anilines is 1. The van der Waals surface area contributed by atoms with Gasteiger partial charge in [0.1, 0.15) is 11.9 Å². The van der Waals surface area contributed by atoms with Gasteiger partial charge in [-0.2, -0.15) is 12.6 Å². The second-order valence-electron chi connectivity index (χ2n) is 4.57. The van der Waals surface area contributed by atoms with E-state index in [0.29, 0.717) is 23.4 Å². The minimum atomic E-state index is -0.982. The molecule has 0 aliphatic rings. The molecule has 0 bridgehead atoms. The highest BCUT2D eigenvalue weighted by Gasteiger charge is 2.17. The lowest BCUT2D eigenvalue weighted by Crippen LogP contribution is -2.19. The van der Waals surface area contributed by atoms with Gasteiger partial charge >= 0.3 is 0 Å². The standard InChI is InChI=1S/C14H19NO4S/c1-9(16)8-13(18)15-11-4-2-10(3-5-11)14(19)12(17)6-7-20/h2-5,12,14,17,19-20H,6-8H2,1H3,(H,15,18). The van der Waals surface area contributed by atoms with Gasteiger partial charge in [-0.25, -0.2) is 0 Å². The van der Waals surface area contributed by atoms with Crippen molar-refractivity contribution >= 4 is 30.0 Å². The number of aliphatic hydroxyl groups is 2. The first-order valence-corrected chi connectivity index (χ1v) is 6.93. The van der Waals surface area contributed by atoms with Crippen LogP contribution < -0.4 is 5.32 Å². The van der Waals surface area contributed by atoms with Crippen molar-refractivity contribution < 1.29 is 19.8 Å². The highest BCUT2D eigenvalue weighted by atomic mass is 32.1. The molecule has 110 valence electrons. The fraction of sp³-hybridized carbons (Fsp3) is 0.429. The monoisotopic (exact) mass is 297 g/mol. The second-order valence-corrected chi connectivity index (χ2v) is 5.02. The Kier molecular flexibility index (Phi) is 6.70.